The van der Waals surface area contributed by atoms with Crippen LogP contribution < -0.4 is 10.1 Å². The zero-order chi connectivity index (χ0) is 13.8. The molecule has 0 bridgehead atoms. The lowest BCUT2D eigenvalue weighted by atomic mass is 9.95. The molecule has 1 N–H and O–H groups in total. The summed E-state index contributed by atoms with van der Waals surface area (Å²) in [7, 11) is 0. The van der Waals surface area contributed by atoms with Crippen molar-refractivity contribution < 1.29 is 14.3 Å². The van der Waals surface area contributed by atoms with Gasteiger partial charge in [0.1, 0.15) is 5.75 Å². The van der Waals surface area contributed by atoms with Crippen LogP contribution in [0.4, 0.5) is 5.69 Å². The number of benzene rings is 1. The topological polar surface area (TPSA) is 55.4 Å². The van der Waals surface area contributed by atoms with Crippen LogP contribution in [0.15, 0.2) is 24.3 Å². The first-order valence-corrected chi connectivity index (χ1v) is 5.95. The fourth-order valence-corrected chi connectivity index (χ4v) is 1.16. The van der Waals surface area contributed by atoms with Gasteiger partial charge in [-0.1, -0.05) is 33.8 Å². The summed E-state index contributed by atoms with van der Waals surface area (Å²) in [6.45, 7) is 7.24. The Morgan fingerprint density at radius 2 is 1.94 bits per heavy atom. The molecule has 0 aliphatic carbocycles. The lowest BCUT2D eigenvalue weighted by molar-refractivity contribution is -0.134. The van der Waals surface area contributed by atoms with Gasteiger partial charge < -0.3 is 10.1 Å². The molecule has 0 heterocycles. The van der Waals surface area contributed by atoms with Crippen LogP contribution in [0.1, 0.15) is 34.1 Å². The highest BCUT2D eigenvalue weighted by molar-refractivity contribution is 5.94. The third-order valence-electron chi connectivity index (χ3n) is 2.29. The molecule has 1 amide bonds. The standard InChI is InChI=1S/C14H19NO3/c1-5-12(16)18-11-8-6-7-10(9-11)15-13(17)14(2,3)4/h6-9H,5H2,1-4H3,(H,15,17). The van der Waals surface area contributed by atoms with E-state index < -0.39 is 5.41 Å². The van der Waals surface area contributed by atoms with Crippen LogP contribution in [0, 0.1) is 5.41 Å². The average Bonchev–Trinajstić information content (AvgIpc) is 2.28. The lowest BCUT2D eigenvalue weighted by Gasteiger charge is -2.17. The number of nitrogens with one attached hydrogen (secondary N) is 1. The van der Waals surface area contributed by atoms with E-state index >= 15 is 0 Å². The van der Waals surface area contributed by atoms with Gasteiger partial charge in [0, 0.05) is 23.6 Å². The van der Waals surface area contributed by atoms with E-state index in [9.17, 15) is 9.59 Å². The second-order valence-corrected chi connectivity index (χ2v) is 5.06. The van der Waals surface area contributed by atoms with E-state index in [1.807, 2.05) is 20.8 Å². The molecule has 98 valence electrons. The van der Waals surface area contributed by atoms with Crippen molar-refractivity contribution in [2.75, 3.05) is 5.32 Å². The second kappa shape index (κ2) is 5.67. The molecular weight excluding hydrogens is 230 g/mol. The molecule has 0 aromatic heterocycles. The maximum Gasteiger partial charge on any atom is 0.310 e. The molecule has 0 atom stereocenters. The Balaban J connectivity index is 2.77. The normalized spacial score (nSPS) is 10.9. The van der Waals surface area contributed by atoms with Gasteiger partial charge in [-0.3, -0.25) is 9.59 Å². The minimum Gasteiger partial charge on any atom is -0.426 e. The van der Waals surface area contributed by atoms with E-state index in [1.54, 1.807) is 31.2 Å². The molecule has 0 spiro atoms. The van der Waals surface area contributed by atoms with Crippen molar-refractivity contribution in [3.8, 4) is 5.75 Å². The number of ether oxygens (including phenoxy) is 1. The van der Waals surface area contributed by atoms with Crippen molar-refractivity contribution in [2.24, 2.45) is 5.41 Å². The Morgan fingerprint density at radius 1 is 1.28 bits per heavy atom. The second-order valence-electron chi connectivity index (χ2n) is 5.06. The summed E-state index contributed by atoms with van der Waals surface area (Å²) >= 11 is 0. The smallest absolute Gasteiger partial charge is 0.310 e. The van der Waals surface area contributed by atoms with Crippen LogP contribution in [0.25, 0.3) is 0 Å². The van der Waals surface area contributed by atoms with Gasteiger partial charge in [-0.05, 0) is 12.1 Å². The zero-order valence-corrected chi connectivity index (χ0v) is 11.2. The number of hydrogen-bond acceptors (Lipinski definition) is 3. The maximum atomic E-state index is 11.8. The number of esters is 1. The summed E-state index contributed by atoms with van der Waals surface area (Å²) in [6, 6.07) is 6.81. The summed E-state index contributed by atoms with van der Waals surface area (Å²) in [5.74, 6) is 0.0596. The van der Waals surface area contributed by atoms with Gasteiger partial charge in [0.05, 0.1) is 0 Å². The summed E-state index contributed by atoms with van der Waals surface area (Å²) in [4.78, 5) is 23.0. The van der Waals surface area contributed by atoms with Gasteiger partial charge in [-0.2, -0.15) is 0 Å². The lowest BCUT2D eigenvalue weighted by Crippen LogP contribution is -2.27. The molecule has 4 heteroatoms. The summed E-state index contributed by atoms with van der Waals surface area (Å²) < 4.78 is 5.08. The number of carbonyl (C=O) groups is 2. The highest BCUT2D eigenvalue weighted by Crippen LogP contribution is 2.21. The summed E-state index contributed by atoms with van der Waals surface area (Å²) in [6.07, 6.45) is 0.318. The molecule has 0 saturated carbocycles. The summed E-state index contributed by atoms with van der Waals surface area (Å²) in [5, 5.41) is 2.78. The fraction of sp³-hybridized carbons (Fsp3) is 0.429. The molecule has 0 unspecified atom stereocenters. The molecule has 18 heavy (non-hydrogen) atoms. The largest absolute Gasteiger partial charge is 0.426 e. The Labute approximate surface area is 107 Å². The van der Waals surface area contributed by atoms with E-state index in [1.165, 1.54) is 0 Å². The SMILES string of the molecule is CCC(=O)Oc1cccc(NC(=O)C(C)(C)C)c1. The van der Waals surface area contributed by atoms with Gasteiger partial charge in [0.25, 0.3) is 0 Å². The molecule has 0 saturated heterocycles. The Morgan fingerprint density at radius 3 is 2.50 bits per heavy atom. The van der Waals surface area contributed by atoms with E-state index in [0.717, 1.165) is 0 Å². The van der Waals surface area contributed by atoms with Crippen molar-refractivity contribution in [2.45, 2.75) is 34.1 Å². The molecule has 0 aliphatic heterocycles. The van der Waals surface area contributed by atoms with Gasteiger partial charge in [0.2, 0.25) is 5.91 Å². The van der Waals surface area contributed by atoms with Crippen LogP contribution in [0.5, 0.6) is 5.75 Å². The van der Waals surface area contributed by atoms with E-state index in [2.05, 4.69) is 5.32 Å². The maximum absolute atomic E-state index is 11.8. The van der Waals surface area contributed by atoms with Gasteiger partial charge in [-0.15, -0.1) is 0 Å². The van der Waals surface area contributed by atoms with Crippen molar-refractivity contribution in [3.05, 3.63) is 24.3 Å². The first kappa shape index (κ1) is 14.2. The molecule has 1 aromatic carbocycles. The Kier molecular flexibility index (Phi) is 4.48. The minimum absolute atomic E-state index is 0.0820. The van der Waals surface area contributed by atoms with Gasteiger partial charge in [-0.25, -0.2) is 0 Å². The highest BCUT2D eigenvalue weighted by Gasteiger charge is 2.21. The Hall–Kier alpha value is -1.84. The molecule has 0 radical (unpaired) electrons. The Bertz CT molecular complexity index is 447. The molecule has 1 aromatic rings. The number of anilines is 1. The predicted molar refractivity (Wildman–Crippen MR) is 70.5 cm³/mol. The zero-order valence-electron chi connectivity index (χ0n) is 11.2. The third-order valence-corrected chi connectivity index (χ3v) is 2.29. The third kappa shape index (κ3) is 4.20. The van der Waals surface area contributed by atoms with E-state index in [4.69, 9.17) is 4.74 Å². The first-order valence-electron chi connectivity index (χ1n) is 5.95. The monoisotopic (exact) mass is 249 g/mol. The predicted octanol–water partition coefficient (Wildman–Crippen LogP) is 2.99. The molecule has 0 fully saturated rings. The van der Waals surface area contributed by atoms with Gasteiger partial charge in [0.15, 0.2) is 0 Å². The van der Waals surface area contributed by atoms with Gasteiger partial charge >= 0.3 is 5.97 Å². The van der Waals surface area contributed by atoms with Crippen molar-refractivity contribution in [1.82, 2.24) is 0 Å². The minimum atomic E-state index is -0.462. The van der Waals surface area contributed by atoms with E-state index in [-0.39, 0.29) is 11.9 Å². The molecule has 4 nitrogen and oxygen atoms in total. The first-order chi connectivity index (χ1) is 8.32. The number of hydrogen-bond donors (Lipinski definition) is 1. The van der Waals surface area contributed by atoms with Crippen LogP contribution in [0.3, 0.4) is 0 Å². The number of amides is 1. The number of carbonyl (C=O) groups excluding carboxylic acids is 2. The highest BCUT2D eigenvalue weighted by atomic mass is 16.5. The van der Waals surface area contributed by atoms with Crippen molar-refractivity contribution in [1.29, 1.82) is 0 Å². The number of rotatable bonds is 3. The van der Waals surface area contributed by atoms with Crippen molar-refractivity contribution >= 4 is 17.6 Å². The molecule has 0 aliphatic rings. The van der Waals surface area contributed by atoms with Crippen molar-refractivity contribution in [3.63, 3.8) is 0 Å². The fourth-order valence-electron chi connectivity index (χ4n) is 1.16. The molecule has 1 rings (SSSR count). The van der Waals surface area contributed by atoms with Crippen LogP contribution in [-0.4, -0.2) is 11.9 Å². The van der Waals surface area contributed by atoms with Crippen LogP contribution >= 0.6 is 0 Å². The molecular formula is C14H19NO3. The van der Waals surface area contributed by atoms with Crippen LogP contribution in [0.2, 0.25) is 0 Å². The van der Waals surface area contributed by atoms with Crippen LogP contribution in [-0.2, 0) is 9.59 Å². The average molecular weight is 249 g/mol. The summed E-state index contributed by atoms with van der Waals surface area (Å²) in [5.41, 5.74) is 0.159. The van der Waals surface area contributed by atoms with E-state index in [0.29, 0.717) is 17.9 Å². The quantitative estimate of drug-likeness (QED) is 0.661.